The van der Waals surface area contributed by atoms with Crippen LogP contribution in [0, 0.1) is 6.92 Å². The molecule has 2 aromatic carbocycles. The van der Waals surface area contributed by atoms with Crippen molar-refractivity contribution in [3.05, 3.63) is 60.2 Å². The molecule has 0 amide bonds. The lowest BCUT2D eigenvalue weighted by molar-refractivity contribution is 0.471. The van der Waals surface area contributed by atoms with Crippen LogP contribution in [-0.4, -0.2) is 19.7 Å². The van der Waals surface area contributed by atoms with Crippen molar-refractivity contribution in [1.29, 1.82) is 0 Å². The maximum Gasteiger partial charge on any atom is 0.228 e. The summed E-state index contributed by atoms with van der Waals surface area (Å²) in [7, 11) is -3.70. The van der Waals surface area contributed by atoms with Gasteiger partial charge in [0.05, 0.1) is 4.90 Å². The predicted molar refractivity (Wildman–Crippen MR) is 90.4 cm³/mol. The minimum Gasteiger partial charge on any atom is -0.428 e. The molecule has 1 heterocycles. The number of thioether (sulfide) groups is 1. The molecule has 0 radical (unpaired) electrons. The number of aromatic nitrogens is 1. The van der Waals surface area contributed by atoms with Gasteiger partial charge in [-0.2, -0.15) is 4.98 Å². The first-order valence-corrected chi connectivity index (χ1v) is 9.65. The van der Waals surface area contributed by atoms with Gasteiger partial charge in [0.2, 0.25) is 25.8 Å². The summed E-state index contributed by atoms with van der Waals surface area (Å²) in [4.78, 5) is 4.46. The normalized spacial score (nSPS) is 11.6. The average molecular weight is 345 g/mol. The lowest BCUT2D eigenvalue weighted by atomic mass is 10.1. The molecule has 0 bridgehead atoms. The van der Waals surface area contributed by atoms with Crippen molar-refractivity contribution < 1.29 is 12.8 Å². The summed E-state index contributed by atoms with van der Waals surface area (Å²) in [6.45, 7) is 1.98. The molecule has 0 saturated carbocycles. The fourth-order valence-corrected chi connectivity index (χ4v) is 4.29. The number of sulfone groups is 1. The van der Waals surface area contributed by atoms with Gasteiger partial charge in [-0.15, -0.1) is 0 Å². The first-order valence-electron chi connectivity index (χ1n) is 6.94. The van der Waals surface area contributed by atoms with Crippen LogP contribution in [0.1, 0.15) is 5.56 Å². The fourth-order valence-electron chi connectivity index (χ4n) is 2.12. The van der Waals surface area contributed by atoms with Crippen LogP contribution >= 0.6 is 11.8 Å². The van der Waals surface area contributed by atoms with Crippen molar-refractivity contribution >= 4 is 21.6 Å². The molecule has 1 aromatic heterocycles. The maximum absolute atomic E-state index is 12.8. The van der Waals surface area contributed by atoms with Crippen LogP contribution in [0.15, 0.2) is 74.0 Å². The number of benzene rings is 2. The van der Waals surface area contributed by atoms with E-state index in [1.165, 1.54) is 11.8 Å². The molecule has 0 spiro atoms. The van der Waals surface area contributed by atoms with Crippen LogP contribution in [-0.2, 0) is 9.84 Å². The van der Waals surface area contributed by atoms with Crippen LogP contribution in [0.5, 0.6) is 0 Å². The van der Waals surface area contributed by atoms with E-state index in [0.29, 0.717) is 11.0 Å². The highest BCUT2D eigenvalue weighted by molar-refractivity contribution is 7.99. The predicted octanol–water partition coefficient (Wildman–Crippen LogP) is 4.20. The van der Waals surface area contributed by atoms with Crippen molar-refractivity contribution in [2.75, 3.05) is 6.26 Å². The number of hydrogen-bond donors (Lipinski definition) is 0. The minimum atomic E-state index is -3.70. The molecule has 0 fully saturated rings. The van der Waals surface area contributed by atoms with E-state index in [2.05, 4.69) is 4.98 Å². The molecule has 0 atom stereocenters. The number of hydrogen-bond acceptors (Lipinski definition) is 5. The van der Waals surface area contributed by atoms with E-state index < -0.39 is 9.84 Å². The molecule has 0 aliphatic heterocycles. The van der Waals surface area contributed by atoms with Gasteiger partial charge in [0.25, 0.3) is 0 Å². The smallest absolute Gasteiger partial charge is 0.228 e. The van der Waals surface area contributed by atoms with Crippen LogP contribution in [0.4, 0.5) is 0 Å². The van der Waals surface area contributed by atoms with Gasteiger partial charge in [0, 0.05) is 5.56 Å². The molecule has 0 N–H and O–H groups in total. The highest BCUT2D eigenvalue weighted by Gasteiger charge is 2.27. The molecule has 3 aromatic rings. The Morgan fingerprint density at radius 2 is 1.65 bits per heavy atom. The molecule has 0 aliphatic carbocycles. The number of aryl methyl sites for hydroxylation is 1. The molecule has 6 heteroatoms. The molecule has 0 saturated heterocycles. The third-order valence-electron chi connectivity index (χ3n) is 3.36. The topological polar surface area (TPSA) is 60.2 Å². The number of oxazole rings is 1. The van der Waals surface area contributed by atoms with Crippen LogP contribution in [0.2, 0.25) is 0 Å². The zero-order valence-electron chi connectivity index (χ0n) is 12.7. The van der Waals surface area contributed by atoms with Crippen molar-refractivity contribution in [3.63, 3.8) is 0 Å². The monoisotopic (exact) mass is 345 g/mol. The summed E-state index contributed by atoms with van der Waals surface area (Å²) in [6.07, 6.45) is 1.77. The zero-order valence-corrected chi connectivity index (χ0v) is 14.3. The largest absolute Gasteiger partial charge is 0.428 e. The van der Waals surface area contributed by atoms with Gasteiger partial charge < -0.3 is 4.42 Å². The fraction of sp³-hybridized carbons (Fsp3) is 0.118. The van der Waals surface area contributed by atoms with Crippen molar-refractivity contribution in [3.8, 4) is 11.5 Å². The average Bonchev–Trinajstić information content (AvgIpc) is 3.01. The zero-order chi connectivity index (χ0) is 16.4. The number of nitrogens with zero attached hydrogens (tertiary/aromatic N) is 1. The Morgan fingerprint density at radius 1 is 1.00 bits per heavy atom. The number of rotatable bonds is 4. The SMILES string of the molecule is CSc1oc(-c2ccc(C)cc2)nc1S(=O)(=O)c1ccccc1. The second-order valence-corrected chi connectivity index (χ2v) is 7.64. The Hall–Kier alpha value is -2.05. The highest BCUT2D eigenvalue weighted by atomic mass is 32.2. The van der Waals surface area contributed by atoms with E-state index in [1.54, 1.807) is 36.6 Å². The minimum absolute atomic E-state index is 0.0354. The Kier molecular flexibility index (Phi) is 4.28. The van der Waals surface area contributed by atoms with E-state index in [-0.39, 0.29) is 9.92 Å². The van der Waals surface area contributed by atoms with Gasteiger partial charge in [-0.25, -0.2) is 8.42 Å². The first-order chi connectivity index (χ1) is 11.0. The summed E-state index contributed by atoms with van der Waals surface area (Å²) >= 11 is 1.23. The molecular formula is C17H15NO3S2. The Balaban J connectivity index is 2.12. The lowest BCUT2D eigenvalue weighted by Gasteiger charge is -2.01. The second-order valence-electron chi connectivity index (χ2n) is 5.00. The summed E-state index contributed by atoms with van der Waals surface area (Å²) in [5.41, 5.74) is 1.86. The third kappa shape index (κ3) is 3.04. The maximum atomic E-state index is 12.8. The highest BCUT2D eigenvalue weighted by Crippen LogP contribution is 2.33. The standard InChI is InChI=1S/C17H15NO3S2/c1-12-8-10-13(11-9-12)15-18-16(17(21-15)22-2)23(19,20)14-6-4-3-5-7-14/h3-11H,1-2H3. The van der Waals surface area contributed by atoms with E-state index in [4.69, 9.17) is 4.42 Å². The molecule has 118 valence electrons. The summed E-state index contributed by atoms with van der Waals surface area (Å²) in [5, 5.41) is 0.260. The van der Waals surface area contributed by atoms with Gasteiger partial charge in [0.1, 0.15) is 0 Å². The Morgan fingerprint density at radius 3 is 2.26 bits per heavy atom. The van der Waals surface area contributed by atoms with Gasteiger partial charge >= 0.3 is 0 Å². The van der Waals surface area contributed by atoms with Crippen molar-refractivity contribution in [2.24, 2.45) is 0 Å². The van der Waals surface area contributed by atoms with Gasteiger partial charge in [0.15, 0.2) is 0 Å². The molecule has 0 unspecified atom stereocenters. The van der Waals surface area contributed by atoms with Crippen LogP contribution < -0.4 is 0 Å². The Bertz CT molecular complexity index is 914. The van der Waals surface area contributed by atoms with Gasteiger partial charge in [-0.3, -0.25) is 0 Å². The molecular weight excluding hydrogens is 330 g/mol. The van der Waals surface area contributed by atoms with Crippen molar-refractivity contribution in [1.82, 2.24) is 4.98 Å². The van der Waals surface area contributed by atoms with E-state index in [1.807, 2.05) is 31.2 Å². The van der Waals surface area contributed by atoms with E-state index in [0.717, 1.165) is 11.1 Å². The van der Waals surface area contributed by atoms with Crippen LogP contribution in [0.3, 0.4) is 0 Å². The van der Waals surface area contributed by atoms with E-state index in [9.17, 15) is 8.42 Å². The molecule has 3 rings (SSSR count). The Labute approximate surface area is 139 Å². The lowest BCUT2D eigenvalue weighted by Crippen LogP contribution is -2.03. The van der Waals surface area contributed by atoms with E-state index >= 15 is 0 Å². The van der Waals surface area contributed by atoms with Gasteiger partial charge in [-0.1, -0.05) is 47.7 Å². The van der Waals surface area contributed by atoms with Gasteiger partial charge in [-0.05, 0) is 37.4 Å². The van der Waals surface area contributed by atoms with Crippen LogP contribution in [0.25, 0.3) is 11.5 Å². The quantitative estimate of drug-likeness (QED) is 0.663. The third-order valence-corrected chi connectivity index (χ3v) is 5.81. The molecule has 0 aliphatic rings. The summed E-state index contributed by atoms with van der Waals surface area (Å²) in [6, 6.07) is 15.9. The molecule has 23 heavy (non-hydrogen) atoms. The first kappa shape index (κ1) is 15.8. The molecule has 4 nitrogen and oxygen atoms in total. The summed E-state index contributed by atoms with van der Waals surface area (Å²) in [5.74, 6) is 0.309. The summed E-state index contributed by atoms with van der Waals surface area (Å²) < 4.78 is 31.2. The van der Waals surface area contributed by atoms with Crippen molar-refractivity contribution in [2.45, 2.75) is 21.9 Å². The second kappa shape index (κ2) is 6.22.